The van der Waals surface area contributed by atoms with E-state index in [2.05, 4.69) is 21.4 Å². The number of anilines is 1. The highest BCUT2D eigenvalue weighted by molar-refractivity contribution is 5.41. The largest absolute Gasteiger partial charge is 0.494 e. The van der Waals surface area contributed by atoms with E-state index in [4.69, 9.17) is 10.00 Å². The SMILES string of the molecule is CCOc1ccc(CNc2cc(C#N)ncn2)cc1C. The molecule has 0 spiro atoms. The number of benzene rings is 1. The van der Waals surface area contributed by atoms with Crippen LogP contribution >= 0.6 is 0 Å². The van der Waals surface area contributed by atoms with Crippen LogP contribution in [0.1, 0.15) is 23.7 Å². The summed E-state index contributed by atoms with van der Waals surface area (Å²) >= 11 is 0. The zero-order valence-corrected chi connectivity index (χ0v) is 11.6. The Hall–Kier alpha value is -2.61. The van der Waals surface area contributed by atoms with Crippen LogP contribution in [0.2, 0.25) is 0 Å². The van der Waals surface area contributed by atoms with Crippen LogP contribution in [0.3, 0.4) is 0 Å². The maximum absolute atomic E-state index is 8.78. The summed E-state index contributed by atoms with van der Waals surface area (Å²) in [4.78, 5) is 7.90. The number of aromatic nitrogens is 2. The zero-order chi connectivity index (χ0) is 14.4. The highest BCUT2D eigenvalue weighted by Gasteiger charge is 2.02. The average Bonchev–Trinajstić information content (AvgIpc) is 2.48. The minimum atomic E-state index is 0.352. The maximum Gasteiger partial charge on any atom is 0.145 e. The lowest BCUT2D eigenvalue weighted by molar-refractivity contribution is 0.338. The first kappa shape index (κ1) is 13.8. The van der Waals surface area contributed by atoms with Gasteiger partial charge >= 0.3 is 0 Å². The Kier molecular flexibility index (Phi) is 4.51. The minimum Gasteiger partial charge on any atom is -0.494 e. The molecule has 1 N–H and O–H groups in total. The second kappa shape index (κ2) is 6.53. The molecule has 0 aliphatic rings. The van der Waals surface area contributed by atoms with E-state index in [1.807, 2.05) is 32.0 Å². The molecule has 5 nitrogen and oxygen atoms in total. The van der Waals surface area contributed by atoms with Gasteiger partial charge in [-0.2, -0.15) is 5.26 Å². The van der Waals surface area contributed by atoms with E-state index in [0.717, 1.165) is 16.9 Å². The van der Waals surface area contributed by atoms with Crippen molar-refractivity contribution in [1.82, 2.24) is 9.97 Å². The van der Waals surface area contributed by atoms with Crippen LogP contribution in [-0.2, 0) is 6.54 Å². The number of ether oxygens (including phenoxy) is 1. The van der Waals surface area contributed by atoms with Gasteiger partial charge in [0.15, 0.2) is 0 Å². The van der Waals surface area contributed by atoms with Crippen molar-refractivity contribution in [1.29, 1.82) is 5.26 Å². The lowest BCUT2D eigenvalue weighted by Gasteiger charge is -2.10. The molecule has 1 aromatic heterocycles. The van der Waals surface area contributed by atoms with E-state index in [1.165, 1.54) is 6.33 Å². The number of hydrogen-bond acceptors (Lipinski definition) is 5. The van der Waals surface area contributed by atoms with Crippen molar-refractivity contribution in [3.63, 3.8) is 0 Å². The first-order chi connectivity index (χ1) is 9.72. The van der Waals surface area contributed by atoms with Gasteiger partial charge in [0.25, 0.3) is 0 Å². The smallest absolute Gasteiger partial charge is 0.145 e. The highest BCUT2D eigenvalue weighted by atomic mass is 16.5. The molecule has 1 heterocycles. The van der Waals surface area contributed by atoms with Crippen molar-refractivity contribution in [2.45, 2.75) is 20.4 Å². The Labute approximate surface area is 118 Å². The number of nitrogens with zero attached hydrogens (tertiary/aromatic N) is 3. The summed E-state index contributed by atoms with van der Waals surface area (Å²) < 4.78 is 5.51. The molecule has 0 unspecified atom stereocenters. The summed E-state index contributed by atoms with van der Waals surface area (Å²) in [5, 5.41) is 12.0. The van der Waals surface area contributed by atoms with Crippen LogP contribution in [0.25, 0.3) is 0 Å². The third-order valence-electron chi connectivity index (χ3n) is 2.79. The van der Waals surface area contributed by atoms with Gasteiger partial charge in [-0.05, 0) is 31.0 Å². The van der Waals surface area contributed by atoms with Gasteiger partial charge in [0.05, 0.1) is 6.61 Å². The fourth-order valence-corrected chi connectivity index (χ4v) is 1.85. The molecule has 0 aliphatic heterocycles. The molecule has 102 valence electrons. The molecule has 2 aromatic rings. The van der Waals surface area contributed by atoms with Crippen molar-refractivity contribution in [3.05, 3.63) is 47.4 Å². The maximum atomic E-state index is 8.78. The molecule has 0 atom stereocenters. The molecule has 0 fully saturated rings. The third-order valence-corrected chi connectivity index (χ3v) is 2.79. The molecule has 20 heavy (non-hydrogen) atoms. The Bertz CT molecular complexity index is 634. The minimum absolute atomic E-state index is 0.352. The fraction of sp³-hybridized carbons (Fsp3) is 0.267. The van der Waals surface area contributed by atoms with Crippen molar-refractivity contribution < 1.29 is 4.74 Å². The van der Waals surface area contributed by atoms with E-state index in [9.17, 15) is 0 Å². The predicted octanol–water partition coefficient (Wildman–Crippen LogP) is 2.67. The highest BCUT2D eigenvalue weighted by Crippen LogP contribution is 2.19. The summed E-state index contributed by atoms with van der Waals surface area (Å²) in [6.07, 6.45) is 1.38. The van der Waals surface area contributed by atoms with Crippen molar-refractivity contribution in [3.8, 4) is 11.8 Å². The Balaban J connectivity index is 2.03. The first-order valence-corrected chi connectivity index (χ1v) is 6.41. The number of nitriles is 1. The summed E-state index contributed by atoms with van der Waals surface area (Å²) in [6.45, 7) is 5.29. The van der Waals surface area contributed by atoms with E-state index >= 15 is 0 Å². The lowest BCUT2D eigenvalue weighted by Crippen LogP contribution is -2.03. The molecule has 0 bridgehead atoms. The molecule has 0 saturated carbocycles. The number of aryl methyl sites for hydroxylation is 1. The Morgan fingerprint density at radius 2 is 2.15 bits per heavy atom. The molecule has 0 aliphatic carbocycles. The van der Waals surface area contributed by atoms with Gasteiger partial charge in [-0.25, -0.2) is 9.97 Å². The van der Waals surface area contributed by atoms with Crippen LogP contribution in [0.15, 0.2) is 30.6 Å². The Morgan fingerprint density at radius 3 is 2.85 bits per heavy atom. The van der Waals surface area contributed by atoms with Crippen LogP contribution < -0.4 is 10.1 Å². The summed E-state index contributed by atoms with van der Waals surface area (Å²) in [6, 6.07) is 9.67. The van der Waals surface area contributed by atoms with Crippen LogP contribution in [0.4, 0.5) is 5.82 Å². The molecule has 0 saturated heterocycles. The predicted molar refractivity (Wildman–Crippen MR) is 76.4 cm³/mol. The van der Waals surface area contributed by atoms with Gasteiger partial charge in [-0.15, -0.1) is 0 Å². The normalized spacial score (nSPS) is 9.85. The second-order valence-electron chi connectivity index (χ2n) is 4.29. The third kappa shape index (κ3) is 3.45. The van der Waals surface area contributed by atoms with Gasteiger partial charge in [-0.3, -0.25) is 0 Å². The fourth-order valence-electron chi connectivity index (χ4n) is 1.85. The zero-order valence-electron chi connectivity index (χ0n) is 11.6. The van der Waals surface area contributed by atoms with Crippen molar-refractivity contribution in [2.75, 3.05) is 11.9 Å². The van der Waals surface area contributed by atoms with Gasteiger partial charge < -0.3 is 10.1 Å². The summed E-state index contributed by atoms with van der Waals surface area (Å²) in [5.41, 5.74) is 2.58. The van der Waals surface area contributed by atoms with E-state index in [0.29, 0.717) is 24.7 Å². The molecule has 1 aromatic carbocycles. The lowest BCUT2D eigenvalue weighted by atomic mass is 10.1. The summed E-state index contributed by atoms with van der Waals surface area (Å²) in [7, 11) is 0. The van der Waals surface area contributed by atoms with Crippen LogP contribution in [0.5, 0.6) is 5.75 Å². The topological polar surface area (TPSA) is 70.8 Å². The molecule has 0 radical (unpaired) electrons. The second-order valence-corrected chi connectivity index (χ2v) is 4.29. The van der Waals surface area contributed by atoms with E-state index in [-0.39, 0.29) is 0 Å². The summed E-state index contributed by atoms with van der Waals surface area (Å²) in [5.74, 6) is 1.55. The molecule has 2 rings (SSSR count). The van der Waals surface area contributed by atoms with Gasteiger partial charge in [0.2, 0.25) is 0 Å². The number of hydrogen-bond donors (Lipinski definition) is 1. The van der Waals surface area contributed by atoms with Gasteiger partial charge in [0, 0.05) is 12.6 Å². The number of nitrogens with one attached hydrogen (secondary N) is 1. The average molecular weight is 268 g/mol. The van der Waals surface area contributed by atoms with E-state index in [1.54, 1.807) is 6.07 Å². The van der Waals surface area contributed by atoms with Crippen molar-refractivity contribution >= 4 is 5.82 Å². The van der Waals surface area contributed by atoms with E-state index < -0.39 is 0 Å². The molecular weight excluding hydrogens is 252 g/mol. The van der Waals surface area contributed by atoms with Crippen molar-refractivity contribution in [2.24, 2.45) is 0 Å². The first-order valence-electron chi connectivity index (χ1n) is 6.41. The molecular formula is C15H16N4O. The molecule has 5 heteroatoms. The van der Waals surface area contributed by atoms with Gasteiger partial charge in [-0.1, -0.05) is 12.1 Å². The van der Waals surface area contributed by atoms with Crippen LogP contribution in [-0.4, -0.2) is 16.6 Å². The monoisotopic (exact) mass is 268 g/mol. The standard InChI is InChI=1S/C15H16N4O/c1-3-20-14-5-4-12(6-11(14)2)9-17-15-7-13(8-16)18-10-19-15/h4-7,10H,3,9H2,1-2H3,(H,17,18,19). The van der Waals surface area contributed by atoms with Crippen LogP contribution in [0, 0.1) is 18.3 Å². The number of rotatable bonds is 5. The van der Waals surface area contributed by atoms with Gasteiger partial charge in [0.1, 0.15) is 29.7 Å². The molecule has 0 amide bonds. The Morgan fingerprint density at radius 1 is 1.30 bits per heavy atom. The quantitative estimate of drug-likeness (QED) is 0.902.